The first kappa shape index (κ1) is 16.8. The van der Waals surface area contributed by atoms with Crippen molar-refractivity contribution in [1.29, 1.82) is 0 Å². The van der Waals surface area contributed by atoms with Crippen LogP contribution in [-0.2, 0) is 0 Å². The van der Waals surface area contributed by atoms with E-state index in [1.54, 1.807) is 49.6 Å². The second-order valence-corrected chi connectivity index (χ2v) is 6.55. The van der Waals surface area contributed by atoms with Gasteiger partial charge in [0.05, 0.1) is 17.8 Å². The van der Waals surface area contributed by atoms with Crippen molar-refractivity contribution in [2.75, 3.05) is 12.4 Å². The molecule has 0 fully saturated rings. The van der Waals surface area contributed by atoms with Crippen molar-refractivity contribution in [3.05, 3.63) is 63.5 Å². The molecule has 0 radical (unpaired) electrons. The zero-order chi connectivity index (χ0) is 17.1. The molecule has 24 heavy (non-hydrogen) atoms. The van der Waals surface area contributed by atoms with Crippen molar-refractivity contribution in [3.8, 4) is 17.0 Å². The number of hydrogen-bond donors (Lipinski definition) is 1. The normalized spacial score (nSPS) is 10.5. The smallest absolute Gasteiger partial charge is 0.257 e. The molecule has 0 bridgehead atoms. The predicted molar refractivity (Wildman–Crippen MR) is 98.5 cm³/mol. The summed E-state index contributed by atoms with van der Waals surface area (Å²) in [4.78, 5) is 16.6. The van der Waals surface area contributed by atoms with E-state index >= 15 is 0 Å². The van der Waals surface area contributed by atoms with Crippen LogP contribution in [0.5, 0.6) is 5.75 Å². The Morgan fingerprint density at radius 2 is 1.92 bits per heavy atom. The van der Waals surface area contributed by atoms with E-state index in [-0.39, 0.29) is 5.91 Å². The van der Waals surface area contributed by atoms with E-state index in [1.807, 2.05) is 5.38 Å². The molecular weight excluding hydrogens is 367 g/mol. The van der Waals surface area contributed by atoms with E-state index in [2.05, 4.69) is 10.3 Å². The summed E-state index contributed by atoms with van der Waals surface area (Å²) in [5.41, 5.74) is 1.98. The average Bonchev–Trinajstić information content (AvgIpc) is 3.03. The number of ether oxygens (including phenoxy) is 1. The van der Waals surface area contributed by atoms with Gasteiger partial charge in [-0.2, -0.15) is 0 Å². The lowest BCUT2D eigenvalue weighted by Gasteiger charge is -2.03. The summed E-state index contributed by atoms with van der Waals surface area (Å²) in [7, 11) is 1.58. The molecule has 3 aromatic rings. The number of nitrogens with one attached hydrogen (secondary N) is 1. The molecule has 1 aromatic heterocycles. The molecule has 0 saturated carbocycles. The molecule has 1 heterocycles. The number of methoxy groups -OCH3 is 1. The van der Waals surface area contributed by atoms with Crippen molar-refractivity contribution in [1.82, 2.24) is 4.98 Å². The summed E-state index contributed by atoms with van der Waals surface area (Å²) >= 11 is 13.4. The SMILES string of the molecule is COc1ccc(C(=O)Nc2nc(-c3ccc(Cl)cc3Cl)cs2)cc1. The van der Waals surface area contributed by atoms with Crippen LogP contribution in [0.15, 0.2) is 47.8 Å². The lowest BCUT2D eigenvalue weighted by Crippen LogP contribution is -2.11. The van der Waals surface area contributed by atoms with Gasteiger partial charge in [-0.05, 0) is 42.5 Å². The highest BCUT2D eigenvalue weighted by Crippen LogP contribution is 2.32. The summed E-state index contributed by atoms with van der Waals surface area (Å²) in [5, 5.41) is 6.18. The number of thiazole rings is 1. The van der Waals surface area contributed by atoms with Gasteiger partial charge in [-0.15, -0.1) is 11.3 Å². The summed E-state index contributed by atoms with van der Waals surface area (Å²) in [6, 6.07) is 12.1. The van der Waals surface area contributed by atoms with Crippen LogP contribution in [0.2, 0.25) is 10.0 Å². The van der Waals surface area contributed by atoms with Crippen LogP contribution < -0.4 is 10.1 Å². The number of rotatable bonds is 4. The van der Waals surface area contributed by atoms with E-state index in [9.17, 15) is 4.79 Å². The van der Waals surface area contributed by atoms with Crippen molar-refractivity contribution >= 4 is 45.6 Å². The van der Waals surface area contributed by atoms with Gasteiger partial charge >= 0.3 is 0 Å². The Morgan fingerprint density at radius 3 is 2.58 bits per heavy atom. The number of aromatic nitrogens is 1. The highest BCUT2D eigenvalue weighted by molar-refractivity contribution is 7.14. The third kappa shape index (κ3) is 3.70. The first-order valence-corrected chi connectivity index (χ1v) is 8.57. The van der Waals surface area contributed by atoms with Gasteiger partial charge < -0.3 is 4.74 Å². The zero-order valence-electron chi connectivity index (χ0n) is 12.5. The number of carbonyl (C=O) groups is 1. The molecule has 1 amide bonds. The second kappa shape index (κ2) is 7.21. The van der Waals surface area contributed by atoms with Crippen LogP contribution in [-0.4, -0.2) is 18.0 Å². The van der Waals surface area contributed by atoms with Crippen LogP contribution in [0.4, 0.5) is 5.13 Å². The Morgan fingerprint density at radius 1 is 1.17 bits per heavy atom. The quantitative estimate of drug-likeness (QED) is 0.662. The minimum atomic E-state index is -0.235. The van der Waals surface area contributed by atoms with Gasteiger partial charge in [0.1, 0.15) is 5.75 Å². The Bertz CT molecular complexity index is 879. The monoisotopic (exact) mass is 378 g/mol. The fraction of sp³-hybridized carbons (Fsp3) is 0.0588. The topological polar surface area (TPSA) is 51.2 Å². The fourth-order valence-electron chi connectivity index (χ4n) is 2.06. The summed E-state index contributed by atoms with van der Waals surface area (Å²) in [6.45, 7) is 0. The predicted octanol–water partition coefficient (Wildman–Crippen LogP) is 5.38. The van der Waals surface area contributed by atoms with Gasteiger partial charge in [-0.1, -0.05) is 23.2 Å². The number of amides is 1. The third-order valence-corrected chi connectivity index (χ3v) is 4.59. The molecule has 0 spiro atoms. The van der Waals surface area contributed by atoms with E-state index in [0.717, 1.165) is 5.56 Å². The molecule has 1 N–H and O–H groups in total. The minimum absolute atomic E-state index is 0.235. The molecule has 0 aliphatic rings. The summed E-state index contributed by atoms with van der Waals surface area (Å²) < 4.78 is 5.08. The molecule has 2 aromatic carbocycles. The van der Waals surface area contributed by atoms with Gasteiger partial charge in [0.25, 0.3) is 5.91 Å². The Kier molecular flexibility index (Phi) is 5.04. The maximum absolute atomic E-state index is 12.2. The maximum atomic E-state index is 12.2. The molecule has 122 valence electrons. The number of benzene rings is 2. The molecule has 0 atom stereocenters. The highest BCUT2D eigenvalue weighted by Gasteiger charge is 2.12. The van der Waals surface area contributed by atoms with Crippen LogP contribution in [0, 0.1) is 0 Å². The van der Waals surface area contributed by atoms with E-state index < -0.39 is 0 Å². The van der Waals surface area contributed by atoms with Crippen LogP contribution >= 0.6 is 34.5 Å². The molecule has 0 aliphatic heterocycles. The fourth-order valence-corrected chi connectivity index (χ4v) is 3.27. The molecule has 0 saturated heterocycles. The van der Waals surface area contributed by atoms with Crippen LogP contribution in [0.3, 0.4) is 0 Å². The van der Waals surface area contributed by atoms with Gasteiger partial charge in [-0.25, -0.2) is 4.98 Å². The Balaban J connectivity index is 1.76. The molecule has 4 nitrogen and oxygen atoms in total. The largest absolute Gasteiger partial charge is 0.497 e. The van der Waals surface area contributed by atoms with Crippen LogP contribution in [0.25, 0.3) is 11.3 Å². The Hall–Kier alpha value is -2.08. The number of hydrogen-bond acceptors (Lipinski definition) is 4. The van der Waals surface area contributed by atoms with Gasteiger partial charge in [0.15, 0.2) is 5.13 Å². The molecule has 0 unspecified atom stereocenters. The number of halogens is 2. The highest BCUT2D eigenvalue weighted by atomic mass is 35.5. The minimum Gasteiger partial charge on any atom is -0.497 e. The number of carbonyl (C=O) groups excluding carboxylic acids is 1. The average molecular weight is 379 g/mol. The van der Waals surface area contributed by atoms with Gasteiger partial charge in [0, 0.05) is 21.5 Å². The molecule has 3 rings (SSSR count). The van der Waals surface area contributed by atoms with Crippen molar-refractivity contribution in [2.45, 2.75) is 0 Å². The van der Waals surface area contributed by atoms with Gasteiger partial charge in [0.2, 0.25) is 0 Å². The number of anilines is 1. The van der Waals surface area contributed by atoms with Crippen molar-refractivity contribution < 1.29 is 9.53 Å². The van der Waals surface area contributed by atoms with Crippen molar-refractivity contribution in [2.24, 2.45) is 0 Å². The second-order valence-electron chi connectivity index (χ2n) is 4.84. The maximum Gasteiger partial charge on any atom is 0.257 e. The molecule has 0 aliphatic carbocycles. The zero-order valence-corrected chi connectivity index (χ0v) is 14.9. The van der Waals surface area contributed by atoms with E-state index in [1.165, 1.54) is 11.3 Å². The van der Waals surface area contributed by atoms with E-state index in [4.69, 9.17) is 27.9 Å². The summed E-state index contributed by atoms with van der Waals surface area (Å²) in [5.74, 6) is 0.459. The Labute approximate surface area is 153 Å². The lowest BCUT2D eigenvalue weighted by atomic mass is 10.2. The molecule has 7 heteroatoms. The molecular formula is C17H12Cl2N2O2S. The third-order valence-electron chi connectivity index (χ3n) is 3.28. The van der Waals surface area contributed by atoms with E-state index in [0.29, 0.717) is 32.2 Å². The standard InChI is InChI=1S/C17H12Cl2N2O2S/c1-23-12-5-2-10(3-6-12)16(22)21-17-20-15(9-24-17)13-7-4-11(18)8-14(13)19/h2-9H,1H3,(H,20,21,22). The number of nitrogens with zero attached hydrogens (tertiary/aromatic N) is 1. The lowest BCUT2D eigenvalue weighted by molar-refractivity contribution is 0.102. The van der Waals surface area contributed by atoms with Crippen LogP contribution in [0.1, 0.15) is 10.4 Å². The summed E-state index contributed by atoms with van der Waals surface area (Å²) in [6.07, 6.45) is 0. The van der Waals surface area contributed by atoms with Crippen molar-refractivity contribution in [3.63, 3.8) is 0 Å². The first-order valence-electron chi connectivity index (χ1n) is 6.93. The van der Waals surface area contributed by atoms with Gasteiger partial charge in [-0.3, -0.25) is 10.1 Å². The first-order chi connectivity index (χ1) is 11.6.